The van der Waals surface area contributed by atoms with Crippen molar-refractivity contribution in [1.82, 2.24) is 4.90 Å². The summed E-state index contributed by atoms with van der Waals surface area (Å²) in [5, 5.41) is 9.34. The third-order valence-electron chi connectivity index (χ3n) is 2.54. The zero-order chi connectivity index (χ0) is 11.3. The van der Waals surface area contributed by atoms with Crippen LogP contribution in [0, 0.1) is 0 Å². The van der Waals surface area contributed by atoms with Crippen LogP contribution in [-0.2, 0) is 4.74 Å². The number of hydrogen-bond acceptors (Lipinski definition) is 5. The molecule has 1 rings (SSSR count). The Kier molecular flexibility index (Phi) is 5.77. The largest absolute Gasteiger partial charge is 0.392 e. The van der Waals surface area contributed by atoms with Crippen LogP contribution in [-0.4, -0.2) is 47.3 Å². The van der Waals surface area contributed by atoms with Crippen molar-refractivity contribution in [2.75, 3.05) is 26.2 Å². The van der Waals surface area contributed by atoms with Gasteiger partial charge >= 0.3 is 0 Å². The summed E-state index contributed by atoms with van der Waals surface area (Å²) in [6.07, 6.45) is 1.82. The number of nitrogens with zero attached hydrogens (tertiary/aromatic N) is 1. The van der Waals surface area contributed by atoms with Gasteiger partial charge in [0, 0.05) is 26.2 Å². The molecule has 0 spiro atoms. The summed E-state index contributed by atoms with van der Waals surface area (Å²) < 4.78 is 5.66. The number of rotatable bonds is 6. The Hall–Kier alpha value is 0.580. The molecule has 0 aromatic heterocycles. The van der Waals surface area contributed by atoms with Crippen LogP contribution >= 0.6 is 22.5 Å². The number of ether oxygens (including phenoxy) is 1. The van der Waals surface area contributed by atoms with Gasteiger partial charge in [-0.25, -0.2) is 0 Å². The molecule has 1 fully saturated rings. The second-order valence-electron chi connectivity index (χ2n) is 4.44. The molecule has 1 aliphatic rings. The second-order valence-corrected chi connectivity index (χ2v) is 6.15. The number of thiol groups is 1. The third-order valence-corrected chi connectivity index (χ3v) is 4.41. The van der Waals surface area contributed by atoms with E-state index in [4.69, 9.17) is 4.74 Å². The van der Waals surface area contributed by atoms with Crippen molar-refractivity contribution in [3.05, 3.63) is 0 Å². The SMILES string of the molecule is CC(C)(OCCCN1CC[C@@H](O)C1)SS. The molecule has 15 heavy (non-hydrogen) atoms. The Labute approximate surface area is 101 Å². The summed E-state index contributed by atoms with van der Waals surface area (Å²) in [4.78, 5) is 2.09. The molecule has 1 N–H and O–H groups in total. The van der Waals surface area contributed by atoms with Crippen molar-refractivity contribution in [3.8, 4) is 0 Å². The molecule has 1 aliphatic heterocycles. The van der Waals surface area contributed by atoms with E-state index in [1.165, 1.54) is 10.8 Å². The van der Waals surface area contributed by atoms with Gasteiger partial charge in [0.15, 0.2) is 0 Å². The maximum absolute atomic E-state index is 9.34. The Morgan fingerprint density at radius 1 is 1.60 bits per heavy atom. The topological polar surface area (TPSA) is 32.7 Å². The van der Waals surface area contributed by atoms with Crippen molar-refractivity contribution in [1.29, 1.82) is 0 Å². The molecule has 1 saturated heterocycles. The number of hydrogen-bond donors (Lipinski definition) is 2. The molecule has 0 saturated carbocycles. The van der Waals surface area contributed by atoms with Gasteiger partial charge in [0.2, 0.25) is 0 Å². The van der Waals surface area contributed by atoms with E-state index in [-0.39, 0.29) is 11.0 Å². The summed E-state index contributed by atoms with van der Waals surface area (Å²) in [5.74, 6) is 0. The lowest BCUT2D eigenvalue weighted by Gasteiger charge is -2.22. The zero-order valence-corrected chi connectivity index (χ0v) is 11.2. The first kappa shape index (κ1) is 13.6. The fraction of sp³-hybridized carbons (Fsp3) is 1.00. The van der Waals surface area contributed by atoms with Crippen LogP contribution in [0.4, 0.5) is 0 Å². The predicted molar refractivity (Wildman–Crippen MR) is 68.3 cm³/mol. The number of likely N-dealkylation sites (tertiary alicyclic amines) is 1. The highest BCUT2D eigenvalue weighted by Crippen LogP contribution is 2.28. The van der Waals surface area contributed by atoms with Crippen LogP contribution < -0.4 is 0 Å². The highest BCUT2D eigenvalue weighted by Gasteiger charge is 2.20. The van der Waals surface area contributed by atoms with Crippen LogP contribution in [0.1, 0.15) is 26.7 Å². The molecule has 5 heteroatoms. The molecular weight excluding hydrogens is 230 g/mol. The van der Waals surface area contributed by atoms with Crippen molar-refractivity contribution in [2.24, 2.45) is 0 Å². The van der Waals surface area contributed by atoms with Crippen LogP contribution in [0.3, 0.4) is 0 Å². The predicted octanol–water partition coefficient (Wildman–Crippen LogP) is 1.77. The van der Waals surface area contributed by atoms with Crippen LogP contribution in [0.2, 0.25) is 0 Å². The quantitative estimate of drug-likeness (QED) is 0.326. The van der Waals surface area contributed by atoms with Crippen molar-refractivity contribution in [2.45, 2.75) is 37.7 Å². The lowest BCUT2D eigenvalue weighted by molar-refractivity contribution is 0.0474. The van der Waals surface area contributed by atoms with Crippen LogP contribution in [0.5, 0.6) is 0 Å². The molecular formula is C10H21NO2S2. The second kappa shape index (κ2) is 6.35. The maximum atomic E-state index is 9.34. The van der Waals surface area contributed by atoms with Gasteiger partial charge in [-0.05, 0) is 26.7 Å². The third kappa shape index (κ3) is 5.45. The Morgan fingerprint density at radius 3 is 2.87 bits per heavy atom. The first-order chi connectivity index (χ1) is 7.03. The smallest absolute Gasteiger partial charge is 0.117 e. The summed E-state index contributed by atoms with van der Waals surface area (Å²) in [7, 11) is 1.43. The molecule has 0 amide bonds. The summed E-state index contributed by atoms with van der Waals surface area (Å²) in [6, 6.07) is 0. The lowest BCUT2D eigenvalue weighted by atomic mass is 10.3. The van der Waals surface area contributed by atoms with E-state index in [0.29, 0.717) is 0 Å². The average molecular weight is 251 g/mol. The average Bonchev–Trinajstić information content (AvgIpc) is 2.59. The van der Waals surface area contributed by atoms with Gasteiger partial charge in [0.05, 0.1) is 6.10 Å². The van der Waals surface area contributed by atoms with Gasteiger partial charge in [-0.2, -0.15) is 0 Å². The number of aliphatic hydroxyl groups excluding tert-OH is 1. The fourth-order valence-electron chi connectivity index (χ4n) is 1.65. The number of β-amino-alcohol motifs (C(OH)–C–C–N with tert-alkyl or cyclic N) is 1. The Bertz CT molecular complexity index is 190. The maximum Gasteiger partial charge on any atom is 0.117 e. The lowest BCUT2D eigenvalue weighted by Crippen LogP contribution is -2.26. The highest BCUT2D eigenvalue weighted by atomic mass is 33.1. The van der Waals surface area contributed by atoms with E-state index in [9.17, 15) is 5.11 Å². The van der Waals surface area contributed by atoms with Crippen molar-refractivity contribution < 1.29 is 9.84 Å². The molecule has 0 aliphatic carbocycles. The molecule has 0 aromatic rings. The van der Waals surface area contributed by atoms with E-state index < -0.39 is 0 Å². The van der Waals surface area contributed by atoms with Crippen LogP contribution in [0.15, 0.2) is 0 Å². The van der Waals surface area contributed by atoms with Gasteiger partial charge < -0.3 is 14.7 Å². The number of aliphatic hydroxyl groups is 1. The zero-order valence-electron chi connectivity index (χ0n) is 9.48. The van der Waals surface area contributed by atoms with Gasteiger partial charge in [0.25, 0.3) is 0 Å². The Balaban J connectivity index is 2.02. The standard InChI is InChI=1S/C10H21NO2S2/c1-10(2,15-14)13-7-3-5-11-6-4-9(12)8-11/h9,12,14H,3-8H2,1-2H3/t9-/m1/s1. The van der Waals surface area contributed by atoms with E-state index >= 15 is 0 Å². The van der Waals surface area contributed by atoms with Crippen LogP contribution in [0.25, 0.3) is 0 Å². The minimum absolute atomic E-state index is 0.115. The minimum Gasteiger partial charge on any atom is -0.392 e. The highest BCUT2D eigenvalue weighted by molar-refractivity contribution is 8.69. The Morgan fingerprint density at radius 2 is 2.33 bits per heavy atom. The molecule has 0 unspecified atom stereocenters. The molecule has 0 bridgehead atoms. The molecule has 1 heterocycles. The van der Waals surface area contributed by atoms with Gasteiger partial charge in [-0.3, -0.25) is 0 Å². The van der Waals surface area contributed by atoms with Crippen molar-refractivity contribution in [3.63, 3.8) is 0 Å². The minimum atomic E-state index is -0.201. The molecule has 90 valence electrons. The fourth-order valence-corrected chi connectivity index (χ4v) is 1.94. The monoisotopic (exact) mass is 251 g/mol. The van der Waals surface area contributed by atoms with Gasteiger partial charge in [0.1, 0.15) is 4.93 Å². The summed E-state index contributed by atoms with van der Waals surface area (Å²) in [5.41, 5.74) is 0. The van der Waals surface area contributed by atoms with E-state index in [1.54, 1.807) is 0 Å². The van der Waals surface area contributed by atoms with E-state index in [1.807, 2.05) is 13.8 Å². The summed E-state index contributed by atoms with van der Waals surface area (Å²) in [6.45, 7) is 7.66. The van der Waals surface area contributed by atoms with Crippen molar-refractivity contribution >= 4 is 22.5 Å². The summed E-state index contributed by atoms with van der Waals surface area (Å²) >= 11 is 4.15. The molecule has 3 nitrogen and oxygen atoms in total. The van der Waals surface area contributed by atoms with Gasteiger partial charge in [-0.15, -0.1) is 11.7 Å². The molecule has 1 atom stereocenters. The first-order valence-corrected chi connectivity index (χ1v) is 7.27. The molecule has 0 radical (unpaired) electrons. The van der Waals surface area contributed by atoms with E-state index in [0.717, 1.165) is 39.1 Å². The first-order valence-electron chi connectivity index (χ1n) is 5.40. The van der Waals surface area contributed by atoms with E-state index in [2.05, 4.69) is 16.6 Å². The molecule has 0 aromatic carbocycles. The normalized spacial score (nSPS) is 23.6. The van der Waals surface area contributed by atoms with Gasteiger partial charge in [-0.1, -0.05) is 10.8 Å².